The Morgan fingerprint density at radius 2 is 1.65 bits per heavy atom. The van der Waals surface area contributed by atoms with Crippen molar-refractivity contribution in [2.75, 3.05) is 14.2 Å². The molecule has 0 unspecified atom stereocenters. The zero-order valence-corrected chi connectivity index (χ0v) is 10.8. The molecule has 0 aliphatic carbocycles. The summed E-state index contributed by atoms with van der Waals surface area (Å²) in [5, 5.41) is 2.46. The zero-order chi connectivity index (χ0) is 13.6. The zero-order valence-electron chi connectivity index (χ0n) is 10.8. The van der Waals surface area contributed by atoms with Crippen LogP contribution in [0.2, 0.25) is 0 Å². The third-order valence-electron chi connectivity index (χ3n) is 2.07. The second kappa shape index (κ2) is 6.22. The lowest BCUT2D eigenvalue weighted by molar-refractivity contribution is -0.151. The molecule has 0 aromatic carbocycles. The van der Waals surface area contributed by atoms with E-state index in [1.54, 1.807) is 20.8 Å². The SMILES string of the molecule is COC(=O)C[C@@H](NC(=O)C(C)(C)C)C(=O)OC. The first-order valence-corrected chi connectivity index (χ1v) is 5.18. The summed E-state index contributed by atoms with van der Waals surface area (Å²) in [6.07, 6.45) is -0.245. The molecule has 1 N–H and O–H groups in total. The van der Waals surface area contributed by atoms with Crippen LogP contribution in [0.5, 0.6) is 0 Å². The van der Waals surface area contributed by atoms with E-state index in [2.05, 4.69) is 14.8 Å². The van der Waals surface area contributed by atoms with E-state index in [4.69, 9.17) is 0 Å². The Bertz CT molecular complexity index is 305. The summed E-state index contributed by atoms with van der Waals surface area (Å²) in [4.78, 5) is 34.2. The fraction of sp³-hybridized carbons (Fsp3) is 0.727. The van der Waals surface area contributed by atoms with Crippen LogP contribution in [0.25, 0.3) is 0 Å². The molecule has 0 aliphatic rings. The molecule has 6 nitrogen and oxygen atoms in total. The van der Waals surface area contributed by atoms with Gasteiger partial charge in [0.2, 0.25) is 5.91 Å². The van der Waals surface area contributed by atoms with Crippen molar-refractivity contribution in [3.8, 4) is 0 Å². The molecule has 0 saturated heterocycles. The maximum Gasteiger partial charge on any atom is 0.328 e. The average molecular weight is 245 g/mol. The van der Waals surface area contributed by atoms with E-state index in [1.165, 1.54) is 14.2 Å². The summed E-state index contributed by atoms with van der Waals surface area (Å²) in [5.74, 6) is -1.60. The van der Waals surface area contributed by atoms with Crippen molar-refractivity contribution in [2.24, 2.45) is 5.41 Å². The quantitative estimate of drug-likeness (QED) is 0.718. The molecule has 0 bridgehead atoms. The molecular weight excluding hydrogens is 226 g/mol. The van der Waals surface area contributed by atoms with E-state index >= 15 is 0 Å². The lowest BCUT2D eigenvalue weighted by Crippen LogP contribution is -2.47. The summed E-state index contributed by atoms with van der Waals surface area (Å²) >= 11 is 0. The fourth-order valence-corrected chi connectivity index (χ4v) is 0.960. The van der Waals surface area contributed by atoms with Gasteiger partial charge < -0.3 is 14.8 Å². The van der Waals surface area contributed by atoms with Crippen molar-refractivity contribution in [2.45, 2.75) is 33.2 Å². The van der Waals surface area contributed by atoms with E-state index in [9.17, 15) is 14.4 Å². The van der Waals surface area contributed by atoms with Gasteiger partial charge in [-0.1, -0.05) is 20.8 Å². The molecule has 6 heteroatoms. The van der Waals surface area contributed by atoms with Crippen LogP contribution in [0.1, 0.15) is 27.2 Å². The maximum atomic E-state index is 11.7. The van der Waals surface area contributed by atoms with Gasteiger partial charge >= 0.3 is 11.9 Å². The van der Waals surface area contributed by atoms with Gasteiger partial charge in [-0.3, -0.25) is 9.59 Å². The van der Waals surface area contributed by atoms with Crippen molar-refractivity contribution in [1.82, 2.24) is 5.32 Å². The van der Waals surface area contributed by atoms with Crippen LogP contribution in [0.4, 0.5) is 0 Å². The van der Waals surface area contributed by atoms with Gasteiger partial charge in [0.25, 0.3) is 0 Å². The highest BCUT2D eigenvalue weighted by molar-refractivity contribution is 5.89. The van der Waals surface area contributed by atoms with E-state index in [0.29, 0.717) is 0 Å². The van der Waals surface area contributed by atoms with Gasteiger partial charge in [0.05, 0.1) is 20.6 Å². The van der Waals surface area contributed by atoms with Gasteiger partial charge in [-0.2, -0.15) is 0 Å². The van der Waals surface area contributed by atoms with Gasteiger partial charge in [-0.05, 0) is 0 Å². The highest BCUT2D eigenvalue weighted by atomic mass is 16.5. The molecule has 0 rings (SSSR count). The second-order valence-corrected chi connectivity index (χ2v) is 4.58. The van der Waals surface area contributed by atoms with Gasteiger partial charge in [0.1, 0.15) is 6.04 Å². The molecule has 0 aliphatic heterocycles. The Morgan fingerprint density at radius 3 is 2.00 bits per heavy atom. The Kier molecular flexibility index (Phi) is 5.64. The first-order chi connectivity index (χ1) is 7.72. The molecule has 0 saturated carbocycles. The lowest BCUT2D eigenvalue weighted by Gasteiger charge is -2.22. The first kappa shape index (κ1) is 15.4. The van der Waals surface area contributed by atoms with E-state index in [-0.39, 0.29) is 12.3 Å². The molecule has 0 aromatic rings. The summed E-state index contributed by atoms with van der Waals surface area (Å²) in [6, 6.07) is -1.01. The van der Waals surface area contributed by atoms with Gasteiger partial charge in [-0.15, -0.1) is 0 Å². The van der Waals surface area contributed by atoms with Crippen LogP contribution in [-0.4, -0.2) is 38.1 Å². The van der Waals surface area contributed by atoms with E-state index < -0.39 is 23.4 Å². The molecule has 0 aromatic heterocycles. The number of nitrogens with one attached hydrogen (secondary N) is 1. The van der Waals surface area contributed by atoms with Gasteiger partial charge in [-0.25, -0.2) is 4.79 Å². The lowest BCUT2D eigenvalue weighted by atomic mass is 9.95. The molecule has 0 spiro atoms. The highest BCUT2D eigenvalue weighted by Crippen LogP contribution is 2.13. The van der Waals surface area contributed by atoms with Crippen LogP contribution >= 0.6 is 0 Å². The van der Waals surface area contributed by atoms with E-state index in [1.807, 2.05) is 0 Å². The Hall–Kier alpha value is -1.59. The van der Waals surface area contributed by atoms with Crippen LogP contribution in [0.15, 0.2) is 0 Å². The average Bonchev–Trinajstić information content (AvgIpc) is 2.25. The van der Waals surface area contributed by atoms with Crippen molar-refractivity contribution in [3.05, 3.63) is 0 Å². The normalized spacial score (nSPS) is 12.5. The Labute approximate surface area is 101 Å². The minimum absolute atomic E-state index is 0.245. The fourth-order valence-electron chi connectivity index (χ4n) is 0.960. The molecular formula is C11H19NO5. The molecule has 0 heterocycles. The first-order valence-electron chi connectivity index (χ1n) is 5.18. The van der Waals surface area contributed by atoms with Crippen molar-refractivity contribution in [3.63, 3.8) is 0 Å². The predicted octanol–water partition coefficient (Wildman–Crippen LogP) is 0.253. The number of methoxy groups -OCH3 is 2. The number of carbonyl (C=O) groups excluding carboxylic acids is 3. The number of ether oxygens (including phenoxy) is 2. The third-order valence-corrected chi connectivity index (χ3v) is 2.07. The number of carbonyl (C=O) groups is 3. The van der Waals surface area contributed by atoms with Crippen LogP contribution in [0.3, 0.4) is 0 Å². The summed E-state index contributed by atoms with van der Waals surface area (Å²) in [5.41, 5.74) is -0.650. The summed E-state index contributed by atoms with van der Waals surface area (Å²) in [6.45, 7) is 5.11. The predicted molar refractivity (Wildman–Crippen MR) is 60.0 cm³/mol. The van der Waals surface area contributed by atoms with Crippen molar-refractivity contribution in [1.29, 1.82) is 0 Å². The van der Waals surface area contributed by atoms with Crippen LogP contribution < -0.4 is 5.32 Å². The highest BCUT2D eigenvalue weighted by Gasteiger charge is 2.29. The smallest absolute Gasteiger partial charge is 0.328 e. The van der Waals surface area contributed by atoms with Gasteiger partial charge in [0, 0.05) is 5.41 Å². The molecule has 98 valence electrons. The standard InChI is InChI=1S/C11H19NO5/c1-11(2,3)10(15)12-7(9(14)17-5)6-8(13)16-4/h7H,6H2,1-5H3,(H,12,15)/t7-/m1/s1. The molecule has 17 heavy (non-hydrogen) atoms. The largest absolute Gasteiger partial charge is 0.469 e. The molecule has 1 atom stereocenters. The Morgan fingerprint density at radius 1 is 1.12 bits per heavy atom. The monoisotopic (exact) mass is 245 g/mol. The maximum absolute atomic E-state index is 11.7. The topological polar surface area (TPSA) is 81.7 Å². The van der Waals surface area contributed by atoms with Crippen molar-refractivity contribution >= 4 is 17.8 Å². The molecule has 1 amide bonds. The number of amides is 1. The Balaban J connectivity index is 4.66. The van der Waals surface area contributed by atoms with Gasteiger partial charge in [0.15, 0.2) is 0 Å². The second-order valence-electron chi connectivity index (χ2n) is 4.58. The summed E-state index contributed by atoms with van der Waals surface area (Å²) < 4.78 is 8.95. The molecule has 0 fully saturated rings. The summed E-state index contributed by atoms with van der Waals surface area (Å²) in [7, 11) is 2.40. The number of esters is 2. The minimum atomic E-state index is -1.01. The number of hydrogen-bond acceptors (Lipinski definition) is 5. The minimum Gasteiger partial charge on any atom is -0.469 e. The van der Waals surface area contributed by atoms with Crippen LogP contribution in [-0.2, 0) is 23.9 Å². The number of hydrogen-bond donors (Lipinski definition) is 1. The third kappa shape index (κ3) is 5.33. The van der Waals surface area contributed by atoms with Crippen LogP contribution in [0, 0.1) is 5.41 Å². The number of rotatable bonds is 4. The molecule has 0 radical (unpaired) electrons. The van der Waals surface area contributed by atoms with E-state index in [0.717, 1.165) is 0 Å². The van der Waals surface area contributed by atoms with Crippen molar-refractivity contribution < 1.29 is 23.9 Å².